The topological polar surface area (TPSA) is 83.0 Å². The zero-order chi connectivity index (χ0) is 22.8. The van der Waals surface area contributed by atoms with Gasteiger partial charge in [0, 0.05) is 30.1 Å². The van der Waals surface area contributed by atoms with E-state index < -0.39 is 0 Å². The van der Waals surface area contributed by atoms with Crippen LogP contribution in [0.25, 0.3) is 10.9 Å². The van der Waals surface area contributed by atoms with Gasteiger partial charge in [-0.1, -0.05) is 24.3 Å². The monoisotopic (exact) mass is 438 g/mol. The Morgan fingerprint density at radius 3 is 2.70 bits per heavy atom. The van der Waals surface area contributed by atoms with Crippen LogP contribution in [-0.2, 0) is 13.0 Å². The van der Waals surface area contributed by atoms with Gasteiger partial charge in [-0.2, -0.15) is 5.26 Å². The Balaban J connectivity index is 1.17. The van der Waals surface area contributed by atoms with Gasteiger partial charge in [-0.3, -0.25) is 14.7 Å². The van der Waals surface area contributed by atoms with Crippen LogP contribution in [0.4, 0.5) is 0 Å². The highest BCUT2D eigenvalue weighted by Crippen LogP contribution is 2.37. The van der Waals surface area contributed by atoms with Crippen molar-refractivity contribution in [3.05, 3.63) is 76.5 Å². The number of primary amides is 1. The fourth-order valence-electron chi connectivity index (χ4n) is 5.59. The number of carbonyl (C=O) groups is 1. The number of pyridine rings is 1. The molecule has 1 aromatic heterocycles. The van der Waals surface area contributed by atoms with Crippen molar-refractivity contribution in [2.45, 2.75) is 51.0 Å². The molecular formula is C28H30N4O. The van der Waals surface area contributed by atoms with Crippen LogP contribution in [0.5, 0.6) is 0 Å². The molecule has 1 saturated carbocycles. The van der Waals surface area contributed by atoms with Gasteiger partial charge < -0.3 is 5.73 Å². The molecule has 168 valence electrons. The normalized spacial score (nSPS) is 20.8. The summed E-state index contributed by atoms with van der Waals surface area (Å²) in [5.74, 6) is 0.773. The van der Waals surface area contributed by atoms with Gasteiger partial charge in [-0.25, -0.2) is 0 Å². The summed E-state index contributed by atoms with van der Waals surface area (Å²) in [7, 11) is 0. The number of fused-ring (bicyclic) bond motifs is 2. The van der Waals surface area contributed by atoms with Crippen molar-refractivity contribution < 1.29 is 4.79 Å². The van der Waals surface area contributed by atoms with E-state index in [1.165, 1.54) is 30.4 Å². The lowest BCUT2D eigenvalue weighted by Crippen LogP contribution is -2.32. The first-order valence-corrected chi connectivity index (χ1v) is 12.0. The number of aromatic nitrogens is 1. The molecular weight excluding hydrogens is 408 g/mol. The van der Waals surface area contributed by atoms with Crippen molar-refractivity contribution in [2.75, 3.05) is 13.1 Å². The first-order valence-electron chi connectivity index (χ1n) is 12.0. The maximum Gasteiger partial charge on any atom is 0.249 e. The molecule has 0 unspecified atom stereocenters. The van der Waals surface area contributed by atoms with E-state index in [-0.39, 0.29) is 5.91 Å². The second-order valence-corrected chi connectivity index (χ2v) is 9.60. The molecule has 5 rings (SSSR count). The Bertz CT molecular complexity index is 1220. The number of amides is 1. The SMILES string of the molecule is N#Cc1ccc2c(c1)CCN(CC[C@H]1CC[C@H](c3cc(C(N)=O)c4ccccc4n3)CC1)C2. The number of benzene rings is 2. The fourth-order valence-corrected chi connectivity index (χ4v) is 5.59. The summed E-state index contributed by atoms with van der Waals surface area (Å²) < 4.78 is 0. The molecule has 2 heterocycles. The Labute approximate surface area is 195 Å². The Hall–Kier alpha value is -3.23. The summed E-state index contributed by atoms with van der Waals surface area (Å²) in [6, 6.07) is 18.1. The van der Waals surface area contributed by atoms with Crippen molar-refractivity contribution in [1.29, 1.82) is 5.26 Å². The highest BCUT2D eigenvalue weighted by Gasteiger charge is 2.25. The van der Waals surface area contributed by atoms with Gasteiger partial charge in [0.05, 0.1) is 22.7 Å². The number of hydrogen-bond donors (Lipinski definition) is 1. The number of rotatable bonds is 5. The number of carbonyl (C=O) groups excluding carboxylic acids is 1. The Morgan fingerprint density at radius 1 is 1.09 bits per heavy atom. The van der Waals surface area contributed by atoms with Crippen molar-refractivity contribution in [2.24, 2.45) is 11.7 Å². The van der Waals surface area contributed by atoms with Crippen LogP contribution in [0.3, 0.4) is 0 Å². The minimum Gasteiger partial charge on any atom is -0.366 e. The largest absolute Gasteiger partial charge is 0.366 e. The Kier molecular flexibility index (Phi) is 6.11. The predicted octanol–water partition coefficient (Wildman–Crippen LogP) is 4.93. The van der Waals surface area contributed by atoms with Crippen molar-refractivity contribution in [3.63, 3.8) is 0 Å². The summed E-state index contributed by atoms with van der Waals surface area (Å²) in [6.45, 7) is 3.20. The molecule has 1 aliphatic carbocycles. The first-order chi connectivity index (χ1) is 16.1. The van der Waals surface area contributed by atoms with Crippen molar-refractivity contribution >= 4 is 16.8 Å². The minimum atomic E-state index is -0.379. The summed E-state index contributed by atoms with van der Waals surface area (Å²) >= 11 is 0. The zero-order valence-electron chi connectivity index (χ0n) is 19.0. The highest BCUT2D eigenvalue weighted by atomic mass is 16.1. The van der Waals surface area contributed by atoms with E-state index >= 15 is 0 Å². The van der Waals surface area contributed by atoms with E-state index in [0.717, 1.165) is 67.0 Å². The second kappa shape index (κ2) is 9.33. The molecule has 2 aliphatic rings. The first kappa shape index (κ1) is 21.6. The smallest absolute Gasteiger partial charge is 0.249 e. The van der Waals surface area contributed by atoms with E-state index in [2.05, 4.69) is 23.1 Å². The molecule has 0 radical (unpaired) electrons. The molecule has 2 aromatic carbocycles. The summed E-state index contributed by atoms with van der Waals surface area (Å²) in [6.07, 6.45) is 6.92. The molecule has 0 saturated heterocycles. The molecule has 1 amide bonds. The van der Waals surface area contributed by atoms with E-state index in [4.69, 9.17) is 16.0 Å². The third-order valence-electron chi connectivity index (χ3n) is 7.55. The molecule has 0 spiro atoms. The molecule has 2 N–H and O–H groups in total. The summed E-state index contributed by atoms with van der Waals surface area (Å²) in [4.78, 5) is 19.5. The van der Waals surface area contributed by atoms with Crippen molar-refractivity contribution in [1.82, 2.24) is 9.88 Å². The fraction of sp³-hybridized carbons (Fsp3) is 0.393. The van der Waals surface area contributed by atoms with E-state index in [1.807, 2.05) is 36.4 Å². The second-order valence-electron chi connectivity index (χ2n) is 9.60. The predicted molar refractivity (Wildman–Crippen MR) is 130 cm³/mol. The lowest BCUT2D eigenvalue weighted by Gasteiger charge is -2.32. The van der Waals surface area contributed by atoms with Gasteiger partial charge in [0.1, 0.15) is 0 Å². The van der Waals surface area contributed by atoms with Crippen molar-refractivity contribution in [3.8, 4) is 6.07 Å². The minimum absolute atomic E-state index is 0.379. The van der Waals surface area contributed by atoms with Crippen LogP contribution >= 0.6 is 0 Å². The lowest BCUT2D eigenvalue weighted by molar-refractivity contribution is 0.100. The molecule has 0 atom stereocenters. The number of para-hydroxylation sites is 1. The van der Waals surface area contributed by atoms with E-state index in [0.29, 0.717) is 11.5 Å². The molecule has 1 fully saturated rings. The average Bonchev–Trinajstić information content (AvgIpc) is 2.86. The van der Waals surface area contributed by atoms with Gasteiger partial charge in [-0.05, 0) is 86.4 Å². The molecule has 1 aliphatic heterocycles. The van der Waals surface area contributed by atoms with Crippen LogP contribution in [0, 0.1) is 17.2 Å². The van der Waals surface area contributed by atoms with Crippen LogP contribution in [0.2, 0.25) is 0 Å². The maximum absolute atomic E-state index is 12.0. The zero-order valence-corrected chi connectivity index (χ0v) is 19.0. The van der Waals surface area contributed by atoms with E-state index in [9.17, 15) is 4.79 Å². The average molecular weight is 439 g/mol. The van der Waals surface area contributed by atoms with Gasteiger partial charge >= 0.3 is 0 Å². The maximum atomic E-state index is 12.0. The highest BCUT2D eigenvalue weighted by molar-refractivity contribution is 6.05. The summed E-state index contributed by atoms with van der Waals surface area (Å²) in [5, 5.41) is 9.95. The van der Waals surface area contributed by atoms with Crippen LogP contribution in [-0.4, -0.2) is 28.9 Å². The molecule has 5 heteroatoms. The standard InChI is InChI=1S/C28H30N4O/c29-17-20-7-10-23-18-32(14-12-22(23)15-20)13-11-19-5-8-21(9-6-19)27-16-25(28(30)33)24-3-1-2-4-26(24)31-27/h1-4,7,10,15-16,19,21H,5-6,8-9,11-14,18H2,(H2,30,33)/t19-,21-. The number of nitriles is 1. The number of nitrogens with two attached hydrogens (primary N) is 1. The number of hydrogen-bond acceptors (Lipinski definition) is 4. The Morgan fingerprint density at radius 2 is 1.91 bits per heavy atom. The molecule has 0 bridgehead atoms. The third-order valence-corrected chi connectivity index (χ3v) is 7.55. The van der Waals surface area contributed by atoms with Crippen LogP contribution in [0.15, 0.2) is 48.5 Å². The molecule has 5 nitrogen and oxygen atoms in total. The number of nitrogens with zero attached hydrogens (tertiary/aromatic N) is 3. The third kappa shape index (κ3) is 4.62. The van der Waals surface area contributed by atoms with Gasteiger partial charge in [0.25, 0.3) is 0 Å². The van der Waals surface area contributed by atoms with Gasteiger partial charge in [0.15, 0.2) is 0 Å². The van der Waals surface area contributed by atoms with Crippen LogP contribution < -0.4 is 5.73 Å². The van der Waals surface area contributed by atoms with Gasteiger partial charge in [-0.15, -0.1) is 0 Å². The van der Waals surface area contributed by atoms with E-state index in [1.54, 1.807) is 0 Å². The molecule has 33 heavy (non-hydrogen) atoms. The quantitative estimate of drug-likeness (QED) is 0.612. The summed E-state index contributed by atoms with van der Waals surface area (Å²) in [5.41, 5.74) is 11.6. The van der Waals surface area contributed by atoms with Crippen LogP contribution in [0.1, 0.15) is 70.8 Å². The van der Waals surface area contributed by atoms with Gasteiger partial charge in [0.2, 0.25) is 5.91 Å². The lowest BCUT2D eigenvalue weighted by atomic mass is 9.78. The molecule has 3 aromatic rings.